The van der Waals surface area contributed by atoms with E-state index in [2.05, 4.69) is 20.2 Å². The Morgan fingerprint density at radius 1 is 1.15 bits per heavy atom. The van der Waals surface area contributed by atoms with E-state index in [1.54, 1.807) is 6.20 Å². The van der Waals surface area contributed by atoms with Crippen molar-refractivity contribution in [2.45, 2.75) is 57.5 Å². The largest absolute Gasteiger partial charge is 0.381 e. The molecule has 9 nitrogen and oxygen atoms in total. The van der Waals surface area contributed by atoms with Crippen LogP contribution in [-0.4, -0.2) is 44.7 Å². The molecule has 1 aliphatic heterocycles. The number of carbonyl (C=O) groups excluding carboxylic acids is 1. The first-order valence-corrected chi connectivity index (χ1v) is 12.3. The molecular weight excluding hydrogens is 454 g/mol. The van der Waals surface area contributed by atoms with Gasteiger partial charge >= 0.3 is 0 Å². The molecule has 3 heterocycles. The Labute approximate surface area is 203 Å². The molecule has 10 heteroatoms. The molecule has 0 spiro atoms. The molecule has 0 atom stereocenters. The van der Waals surface area contributed by atoms with Gasteiger partial charge in [0.05, 0.1) is 16.9 Å². The van der Waals surface area contributed by atoms with Crippen molar-refractivity contribution in [2.75, 3.05) is 23.8 Å². The summed E-state index contributed by atoms with van der Waals surface area (Å²) in [5.41, 5.74) is 8.91. The summed E-state index contributed by atoms with van der Waals surface area (Å²) >= 11 is 6.50. The van der Waals surface area contributed by atoms with Crippen LogP contribution in [0.25, 0.3) is 11.2 Å². The lowest BCUT2D eigenvalue weighted by molar-refractivity contribution is -0.122. The van der Waals surface area contributed by atoms with E-state index in [9.17, 15) is 4.79 Å². The van der Waals surface area contributed by atoms with Gasteiger partial charge in [0, 0.05) is 31.2 Å². The number of primary amides is 1. The Morgan fingerprint density at radius 2 is 1.91 bits per heavy atom. The van der Waals surface area contributed by atoms with Crippen molar-refractivity contribution in [3.8, 4) is 0 Å². The summed E-state index contributed by atoms with van der Waals surface area (Å²) in [4.78, 5) is 25.9. The molecule has 1 aromatic carbocycles. The highest BCUT2D eigenvalue weighted by atomic mass is 35.5. The molecule has 1 saturated heterocycles. The fourth-order valence-corrected chi connectivity index (χ4v) is 5.16. The van der Waals surface area contributed by atoms with Crippen molar-refractivity contribution in [1.29, 1.82) is 0 Å². The molecule has 0 bridgehead atoms. The fraction of sp³-hybridized carbons (Fsp3) is 0.500. The van der Waals surface area contributed by atoms with Gasteiger partial charge in [-0.3, -0.25) is 9.36 Å². The van der Waals surface area contributed by atoms with Gasteiger partial charge in [-0.25, -0.2) is 9.97 Å². The van der Waals surface area contributed by atoms with Crippen LogP contribution >= 0.6 is 11.6 Å². The van der Waals surface area contributed by atoms with Crippen molar-refractivity contribution in [3.05, 3.63) is 35.0 Å². The smallest absolute Gasteiger partial charge is 0.224 e. The van der Waals surface area contributed by atoms with E-state index >= 15 is 0 Å². The van der Waals surface area contributed by atoms with Gasteiger partial charge in [0.1, 0.15) is 5.52 Å². The molecule has 4 N–H and O–H groups in total. The van der Waals surface area contributed by atoms with E-state index in [1.165, 1.54) is 0 Å². The average Bonchev–Trinajstić information content (AvgIpc) is 3.19. The molecule has 1 saturated carbocycles. The van der Waals surface area contributed by atoms with Crippen LogP contribution < -0.4 is 16.4 Å². The Balaban J connectivity index is 1.50. The van der Waals surface area contributed by atoms with Crippen LogP contribution in [-0.2, 0) is 9.53 Å². The van der Waals surface area contributed by atoms with E-state index < -0.39 is 0 Å². The standard InChI is InChI=1S/C24H30ClN7O2/c1-14-2-7-19(18(25)12-14)29-24-30-20-13-27-23(28-16-8-10-34-11-9-16)31-22(20)32(24)17-5-3-15(4-6-17)21(26)33/h2,7,12-13,15-17H,3-6,8-11H2,1H3,(H2,26,33)(H,29,30)(H,27,28,31). The van der Waals surface area contributed by atoms with Crippen molar-refractivity contribution in [2.24, 2.45) is 11.7 Å². The Bertz CT molecular complexity index is 1180. The van der Waals surface area contributed by atoms with Gasteiger partial charge in [0.25, 0.3) is 0 Å². The highest BCUT2D eigenvalue weighted by Crippen LogP contribution is 2.37. The number of halogens is 1. The number of hydrogen-bond acceptors (Lipinski definition) is 7. The lowest BCUT2D eigenvalue weighted by atomic mass is 9.85. The summed E-state index contributed by atoms with van der Waals surface area (Å²) < 4.78 is 7.60. The minimum Gasteiger partial charge on any atom is -0.381 e. The number of benzene rings is 1. The first-order chi connectivity index (χ1) is 16.5. The van der Waals surface area contributed by atoms with Gasteiger partial charge in [0.2, 0.25) is 17.8 Å². The lowest BCUT2D eigenvalue weighted by Gasteiger charge is -2.29. The normalized spacial score (nSPS) is 21.5. The maximum atomic E-state index is 11.7. The van der Waals surface area contributed by atoms with Gasteiger partial charge in [-0.15, -0.1) is 0 Å². The van der Waals surface area contributed by atoms with Crippen molar-refractivity contribution in [1.82, 2.24) is 19.5 Å². The number of nitrogens with one attached hydrogen (secondary N) is 2. The van der Waals surface area contributed by atoms with Crippen LogP contribution in [0.15, 0.2) is 24.4 Å². The minimum atomic E-state index is -0.219. The van der Waals surface area contributed by atoms with E-state index in [-0.39, 0.29) is 23.9 Å². The zero-order chi connectivity index (χ0) is 23.7. The highest BCUT2D eigenvalue weighted by Gasteiger charge is 2.29. The molecule has 0 unspecified atom stereocenters. The molecule has 1 amide bonds. The number of fused-ring (bicyclic) bond motifs is 1. The monoisotopic (exact) mass is 483 g/mol. The SMILES string of the molecule is Cc1ccc(Nc2nc3cnc(NC4CCOCC4)nc3n2C2CCC(C(N)=O)CC2)c(Cl)c1. The van der Waals surface area contributed by atoms with E-state index in [0.29, 0.717) is 22.4 Å². The van der Waals surface area contributed by atoms with Crippen LogP contribution in [0.3, 0.4) is 0 Å². The second-order valence-corrected chi connectivity index (χ2v) is 9.66. The number of ether oxygens (including phenoxy) is 1. The molecule has 3 aromatic rings. The van der Waals surface area contributed by atoms with Crippen LogP contribution in [0.2, 0.25) is 5.02 Å². The number of amides is 1. The van der Waals surface area contributed by atoms with E-state index in [4.69, 9.17) is 32.0 Å². The Morgan fingerprint density at radius 3 is 2.62 bits per heavy atom. The molecule has 34 heavy (non-hydrogen) atoms. The second-order valence-electron chi connectivity index (χ2n) is 9.25. The van der Waals surface area contributed by atoms with Crippen molar-refractivity contribution in [3.63, 3.8) is 0 Å². The maximum Gasteiger partial charge on any atom is 0.224 e. The first-order valence-electron chi connectivity index (χ1n) is 11.9. The number of carbonyl (C=O) groups is 1. The van der Waals surface area contributed by atoms with Crippen LogP contribution in [0, 0.1) is 12.8 Å². The molecular formula is C24H30ClN7O2. The topological polar surface area (TPSA) is 120 Å². The maximum absolute atomic E-state index is 11.7. The molecule has 2 aliphatic rings. The zero-order valence-corrected chi connectivity index (χ0v) is 20.0. The average molecular weight is 484 g/mol. The number of rotatable bonds is 6. The summed E-state index contributed by atoms with van der Waals surface area (Å²) in [6, 6.07) is 6.31. The lowest BCUT2D eigenvalue weighted by Crippen LogP contribution is -2.29. The molecule has 0 radical (unpaired) electrons. The predicted octanol–water partition coefficient (Wildman–Crippen LogP) is 4.34. The van der Waals surface area contributed by atoms with Crippen molar-refractivity contribution >= 4 is 46.3 Å². The van der Waals surface area contributed by atoms with Gasteiger partial charge in [-0.05, 0) is 63.1 Å². The number of aryl methyl sites for hydroxylation is 1. The molecule has 2 fully saturated rings. The summed E-state index contributed by atoms with van der Waals surface area (Å²) in [5.74, 6) is 0.963. The Kier molecular flexibility index (Phi) is 6.56. The number of hydrogen-bond donors (Lipinski definition) is 3. The number of nitrogens with two attached hydrogens (primary N) is 1. The second kappa shape index (κ2) is 9.76. The summed E-state index contributed by atoms with van der Waals surface area (Å²) in [6.45, 7) is 3.49. The summed E-state index contributed by atoms with van der Waals surface area (Å²) in [6.07, 6.45) is 6.76. The predicted molar refractivity (Wildman–Crippen MR) is 132 cm³/mol. The molecule has 180 valence electrons. The fourth-order valence-electron chi connectivity index (χ4n) is 4.88. The van der Waals surface area contributed by atoms with Crippen molar-refractivity contribution < 1.29 is 9.53 Å². The van der Waals surface area contributed by atoms with Gasteiger partial charge in [0.15, 0.2) is 5.65 Å². The third-order valence-electron chi connectivity index (χ3n) is 6.82. The third-order valence-corrected chi connectivity index (χ3v) is 7.14. The van der Waals surface area contributed by atoms with E-state index in [1.807, 2.05) is 25.1 Å². The summed E-state index contributed by atoms with van der Waals surface area (Å²) in [7, 11) is 0. The first kappa shape index (κ1) is 22.9. The van der Waals surface area contributed by atoms with Gasteiger partial charge < -0.3 is 21.1 Å². The van der Waals surface area contributed by atoms with E-state index in [0.717, 1.165) is 68.6 Å². The molecule has 1 aliphatic carbocycles. The molecule has 2 aromatic heterocycles. The minimum absolute atomic E-state index is 0.0747. The molecule has 5 rings (SSSR count). The van der Waals surface area contributed by atoms with Gasteiger partial charge in [-0.2, -0.15) is 4.98 Å². The van der Waals surface area contributed by atoms with Gasteiger partial charge in [-0.1, -0.05) is 17.7 Å². The highest BCUT2D eigenvalue weighted by molar-refractivity contribution is 6.33. The Hall–Kier alpha value is -2.91. The number of anilines is 3. The van der Waals surface area contributed by atoms with Crippen LogP contribution in [0.5, 0.6) is 0 Å². The van der Waals surface area contributed by atoms with Crippen LogP contribution in [0.1, 0.15) is 50.1 Å². The van der Waals surface area contributed by atoms with Crippen LogP contribution in [0.4, 0.5) is 17.6 Å². The third kappa shape index (κ3) is 4.81. The zero-order valence-electron chi connectivity index (χ0n) is 19.3. The number of imidazole rings is 1. The number of aromatic nitrogens is 4. The summed E-state index contributed by atoms with van der Waals surface area (Å²) in [5, 5.41) is 7.50. The number of nitrogens with zero attached hydrogens (tertiary/aromatic N) is 4. The quantitative estimate of drug-likeness (QED) is 0.477.